The third kappa shape index (κ3) is 5.50. The minimum absolute atomic E-state index is 0.0847. The van der Waals surface area contributed by atoms with Gasteiger partial charge in [0.2, 0.25) is 0 Å². The smallest absolute Gasteiger partial charge is 0.336 e. The van der Waals surface area contributed by atoms with Crippen LogP contribution in [0.5, 0.6) is 11.5 Å². The van der Waals surface area contributed by atoms with Gasteiger partial charge in [-0.1, -0.05) is 53.9 Å². The second kappa shape index (κ2) is 9.05. The van der Waals surface area contributed by atoms with Gasteiger partial charge in [-0.25, -0.2) is 9.59 Å². The molecular formula is C26H36O5. The molecule has 0 saturated heterocycles. The van der Waals surface area contributed by atoms with Crippen LogP contribution in [-0.2, 0) is 15.0 Å². The quantitative estimate of drug-likeness (QED) is 0.233. The van der Waals surface area contributed by atoms with Crippen LogP contribution < -0.4 is 9.47 Å². The molecule has 5 heteroatoms. The molecule has 0 bridgehead atoms. The number of hydrogen-bond donors (Lipinski definition) is 1. The monoisotopic (exact) mass is 428 g/mol. The van der Waals surface area contributed by atoms with Gasteiger partial charge in [-0.15, -0.1) is 0 Å². The number of carboxylic acid groups (broad SMARTS) is 1. The lowest BCUT2D eigenvalue weighted by Crippen LogP contribution is -2.32. The highest BCUT2D eigenvalue weighted by Gasteiger charge is 2.44. The Balaban J connectivity index is 1.96. The second-order valence-corrected chi connectivity index (χ2v) is 10.5. The lowest BCUT2D eigenvalue weighted by Gasteiger charge is -2.36. The molecule has 3 rings (SSSR count). The molecule has 31 heavy (non-hydrogen) atoms. The van der Waals surface area contributed by atoms with Crippen LogP contribution in [0.15, 0.2) is 24.3 Å². The molecule has 2 unspecified atom stereocenters. The Morgan fingerprint density at radius 3 is 2.68 bits per heavy atom. The summed E-state index contributed by atoms with van der Waals surface area (Å²) in [6.45, 7) is 11.2. The fraction of sp³-hybridized carbons (Fsp3) is 0.615. The van der Waals surface area contributed by atoms with Gasteiger partial charge in [0.15, 0.2) is 0 Å². The fourth-order valence-corrected chi connectivity index (χ4v) is 4.92. The SMILES string of the molecule is CCCCCC(C)(C)c1cc(OC(=O)/C=C/C(=O)O)c2c(c1)OC1CC(C)(C)CCC21. The zero-order valence-corrected chi connectivity index (χ0v) is 19.5. The van der Waals surface area contributed by atoms with Gasteiger partial charge in [-0.3, -0.25) is 0 Å². The predicted octanol–water partition coefficient (Wildman–Crippen LogP) is 6.15. The number of carboxylic acids is 1. The standard InChI is InChI=1S/C26H36O5/c1-6-7-8-12-26(4,5)17-14-19-24(18-11-13-25(2,3)16-21(18)30-19)20(15-17)31-23(29)10-9-22(27)28/h9-10,14-15,18,21H,6-8,11-13,16H2,1-5H3,(H,27,28)/b10-9+. The Kier molecular flexibility index (Phi) is 6.82. The molecule has 0 spiro atoms. The molecule has 1 saturated carbocycles. The van der Waals surface area contributed by atoms with Gasteiger partial charge in [0.05, 0.1) is 0 Å². The molecule has 0 aromatic heterocycles. The Labute approximate surface area is 185 Å². The summed E-state index contributed by atoms with van der Waals surface area (Å²) in [5, 5.41) is 8.83. The van der Waals surface area contributed by atoms with E-state index in [0.717, 1.165) is 61.1 Å². The maximum absolute atomic E-state index is 12.3. The zero-order chi connectivity index (χ0) is 22.8. The van der Waals surface area contributed by atoms with Crippen LogP contribution >= 0.6 is 0 Å². The van der Waals surface area contributed by atoms with Crippen molar-refractivity contribution < 1.29 is 24.2 Å². The molecule has 1 aromatic carbocycles. The molecule has 2 atom stereocenters. The van der Waals surface area contributed by atoms with E-state index in [9.17, 15) is 9.59 Å². The molecule has 1 heterocycles. The number of carbonyl (C=O) groups is 2. The first-order chi connectivity index (χ1) is 14.5. The van der Waals surface area contributed by atoms with Crippen molar-refractivity contribution in [3.8, 4) is 11.5 Å². The Morgan fingerprint density at radius 1 is 1.26 bits per heavy atom. The van der Waals surface area contributed by atoms with Crippen LogP contribution in [0, 0.1) is 5.41 Å². The van der Waals surface area contributed by atoms with Crippen LogP contribution in [0.2, 0.25) is 0 Å². The third-order valence-corrected chi connectivity index (χ3v) is 6.85. The van der Waals surface area contributed by atoms with Crippen molar-refractivity contribution in [2.75, 3.05) is 0 Å². The molecule has 0 amide bonds. The topological polar surface area (TPSA) is 72.8 Å². The lowest BCUT2D eigenvalue weighted by atomic mass is 9.70. The summed E-state index contributed by atoms with van der Waals surface area (Å²) in [7, 11) is 0. The highest BCUT2D eigenvalue weighted by atomic mass is 16.5. The van der Waals surface area contributed by atoms with Crippen LogP contribution in [0.3, 0.4) is 0 Å². The van der Waals surface area contributed by atoms with Gasteiger partial charge in [-0.05, 0) is 54.2 Å². The number of ether oxygens (including phenoxy) is 2. The van der Waals surface area contributed by atoms with Crippen molar-refractivity contribution in [1.82, 2.24) is 0 Å². The maximum atomic E-state index is 12.3. The van der Waals surface area contributed by atoms with Crippen LogP contribution in [-0.4, -0.2) is 23.1 Å². The molecule has 0 radical (unpaired) electrons. The first kappa shape index (κ1) is 23.4. The molecule has 1 N–H and O–H groups in total. The van der Waals surface area contributed by atoms with E-state index in [4.69, 9.17) is 14.6 Å². The van der Waals surface area contributed by atoms with Crippen molar-refractivity contribution in [2.24, 2.45) is 5.41 Å². The Hall–Kier alpha value is -2.30. The van der Waals surface area contributed by atoms with Crippen molar-refractivity contribution in [3.63, 3.8) is 0 Å². The fourth-order valence-electron chi connectivity index (χ4n) is 4.92. The number of esters is 1. The van der Waals surface area contributed by atoms with Crippen molar-refractivity contribution >= 4 is 11.9 Å². The highest BCUT2D eigenvalue weighted by Crippen LogP contribution is 2.54. The molecule has 1 aromatic rings. The predicted molar refractivity (Wildman–Crippen MR) is 121 cm³/mol. The first-order valence-corrected chi connectivity index (χ1v) is 11.5. The average molecular weight is 429 g/mol. The van der Waals surface area contributed by atoms with Crippen molar-refractivity contribution in [1.29, 1.82) is 0 Å². The second-order valence-electron chi connectivity index (χ2n) is 10.5. The van der Waals surface area contributed by atoms with Crippen LogP contribution in [0.1, 0.15) is 96.6 Å². The highest BCUT2D eigenvalue weighted by molar-refractivity contribution is 5.92. The van der Waals surface area contributed by atoms with Gasteiger partial charge >= 0.3 is 11.9 Å². The summed E-state index contributed by atoms with van der Waals surface area (Å²) in [5.74, 6) is -0.315. The normalized spacial score (nSPS) is 22.0. The summed E-state index contributed by atoms with van der Waals surface area (Å²) in [4.78, 5) is 23.1. The van der Waals surface area contributed by atoms with E-state index in [0.29, 0.717) is 5.75 Å². The van der Waals surface area contributed by atoms with Crippen LogP contribution in [0.25, 0.3) is 0 Å². The van der Waals surface area contributed by atoms with E-state index in [1.54, 1.807) is 0 Å². The molecule has 170 valence electrons. The van der Waals surface area contributed by atoms with E-state index in [1.807, 2.05) is 6.07 Å². The summed E-state index contributed by atoms with van der Waals surface area (Å²) in [6, 6.07) is 4.11. The van der Waals surface area contributed by atoms with Gasteiger partial charge in [0.1, 0.15) is 17.6 Å². The molecule has 2 aliphatic rings. The summed E-state index contributed by atoms with van der Waals surface area (Å²) in [5.41, 5.74) is 2.20. The number of carbonyl (C=O) groups excluding carboxylic acids is 1. The van der Waals surface area contributed by atoms with Gasteiger partial charge < -0.3 is 14.6 Å². The summed E-state index contributed by atoms with van der Waals surface area (Å²) < 4.78 is 12.1. The number of hydrogen-bond acceptors (Lipinski definition) is 4. The molecule has 1 aliphatic carbocycles. The van der Waals surface area contributed by atoms with E-state index in [-0.39, 0.29) is 22.9 Å². The zero-order valence-electron chi connectivity index (χ0n) is 19.5. The van der Waals surface area contributed by atoms with E-state index < -0.39 is 11.9 Å². The van der Waals surface area contributed by atoms with E-state index in [2.05, 4.69) is 40.7 Å². The number of unbranched alkanes of at least 4 members (excludes halogenated alkanes) is 2. The van der Waals surface area contributed by atoms with Crippen molar-refractivity contribution in [2.45, 2.75) is 97.0 Å². The minimum atomic E-state index is -1.18. The minimum Gasteiger partial charge on any atom is -0.489 e. The van der Waals surface area contributed by atoms with Crippen LogP contribution in [0.4, 0.5) is 0 Å². The number of benzene rings is 1. The molecular weight excluding hydrogens is 392 g/mol. The van der Waals surface area contributed by atoms with E-state index >= 15 is 0 Å². The largest absolute Gasteiger partial charge is 0.489 e. The third-order valence-electron chi connectivity index (χ3n) is 6.85. The molecule has 5 nitrogen and oxygen atoms in total. The lowest BCUT2D eigenvalue weighted by molar-refractivity contribution is -0.133. The summed E-state index contributed by atoms with van der Waals surface area (Å²) >= 11 is 0. The van der Waals surface area contributed by atoms with Gasteiger partial charge in [0.25, 0.3) is 0 Å². The van der Waals surface area contributed by atoms with Gasteiger partial charge in [-0.2, -0.15) is 0 Å². The molecule has 1 fully saturated rings. The Morgan fingerprint density at radius 2 is 2.00 bits per heavy atom. The average Bonchev–Trinajstić information content (AvgIpc) is 3.02. The van der Waals surface area contributed by atoms with Crippen molar-refractivity contribution in [3.05, 3.63) is 35.4 Å². The Bertz CT molecular complexity index is 865. The maximum Gasteiger partial charge on any atom is 0.336 e. The molecule has 1 aliphatic heterocycles. The van der Waals surface area contributed by atoms with E-state index in [1.165, 1.54) is 12.8 Å². The number of aliphatic carboxylic acids is 1. The first-order valence-electron chi connectivity index (χ1n) is 11.5. The summed E-state index contributed by atoms with van der Waals surface area (Å²) in [6.07, 6.45) is 9.43. The number of rotatable bonds is 8. The number of fused-ring (bicyclic) bond motifs is 3. The van der Waals surface area contributed by atoms with Gasteiger partial charge in [0, 0.05) is 23.6 Å².